The van der Waals surface area contributed by atoms with E-state index in [1.807, 2.05) is 17.5 Å². The molecule has 3 rings (SSSR count). The smallest absolute Gasteiger partial charge is 0.263 e. The number of nitrogens with zero attached hydrogens (tertiary/aromatic N) is 2. The summed E-state index contributed by atoms with van der Waals surface area (Å²) < 4.78 is 5.42. The lowest BCUT2D eigenvalue weighted by atomic mass is 10.0. The van der Waals surface area contributed by atoms with Crippen LogP contribution in [0.4, 0.5) is 0 Å². The van der Waals surface area contributed by atoms with Crippen molar-refractivity contribution in [1.29, 1.82) is 0 Å². The van der Waals surface area contributed by atoms with Gasteiger partial charge < -0.3 is 15.4 Å². The first-order valence-electron chi connectivity index (χ1n) is 8.09. The summed E-state index contributed by atoms with van der Waals surface area (Å²) in [5.74, 6) is -0.641. The minimum absolute atomic E-state index is 0.0000718. The number of ether oxygens (including phenoxy) is 1. The van der Waals surface area contributed by atoms with Crippen LogP contribution in [-0.2, 0) is 9.53 Å². The van der Waals surface area contributed by atoms with E-state index in [4.69, 9.17) is 10.5 Å². The van der Waals surface area contributed by atoms with Crippen LogP contribution in [0.3, 0.4) is 0 Å². The van der Waals surface area contributed by atoms with E-state index in [2.05, 4.69) is 4.90 Å². The van der Waals surface area contributed by atoms with Gasteiger partial charge in [-0.1, -0.05) is 6.07 Å². The Morgan fingerprint density at radius 2 is 2.00 bits per heavy atom. The van der Waals surface area contributed by atoms with Gasteiger partial charge in [0, 0.05) is 45.4 Å². The molecule has 1 aromatic heterocycles. The van der Waals surface area contributed by atoms with Crippen LogP contribution in [0, 0.1) is 5.92 Å². The highest BCUT2D eigenvalue weighted by molar-refractivity contribution is 7.12. The number of hydrogen-bond donors (Lipinski definition) is 1. The van der Waals surface area contributed by atoms with E-state index >= 15 is 0 Å². The van der Waals surface area contributed by atoms with E-state index in [0.29, 0.717) is 30.6 Å². The molecule has 7 heteroatoms. The molecule has 6 nitrogen and oxygen atoms in total. The summed E-state index contributed by atoms with van der Waals surface area (Å²) in [6, 6.07) is 4.12. The first-order valence-corrected chi connectivity index (χ1v) is 8.97. The highest BCUT2D eigenvalue weighted by Gasteiger charge is 2.32. The molecule has 3 heterocycles. The zero-order chi connectivity index (χ0) is 16.2. The summed E-state index contributed by atoms with van der Waals surface area (Å²) in [5.41, 5.74) is 5.58. The summed E-state index contributed by atoms with van der Waals surface area (Å²) >= 11 is 1.43. The maximum atomic E-state index is 12.6. The van der Waals surface area contributed by atoms with Crippen LogP contribution < -0.4 is 5.73 Å². The highest BCUT2D eigenvalue weighted by atomic mass is 32.1. The molecular weight excluding hydrogens is 314 g/mol. The van der Waals surface area contributed by atoms with Crippen molar-refractivity contribution < 1.29 is 14.3 Å². The molecule has 0 aliphatic carbocycles. The number of carbonyl (C=O) groups is 2. The van der Waals surface area contributed by atoms with Crippen molar-refractivity contribution in [3.05, 3.63) is 22.4 Å². The Hall–Kier alpha value is -1.44. The molecule has 1 atom stereocenters. The molecule has 2 saturated heterocycles. The Kier molecular flexibility index (Phi) is 5.30. The molecule has 23 heavy (non-hydrogen) atoms. The van der Waals surface area contributed by atoms with Gasteiger partial charge >= 0.3 is 0 Å². The van der Waals surface area contributed by atoms with Crippen LogP contribution in [0.2, 0.25) is 0 Å². The fourth-order valence-corrected chi connectivity index (χ4v) is 4.03. The van der Waals surface area contributed by atoms with Crippen LogP contribution in [0.15, 0.2) is 17.5 Å². The summed E-state index contributed by atoms with van der Waals surface area (Å²) in [5, 5.41) is 1.89. The maximum absolute atomic E-state index is 12.6. The number of primary amides is 1. The van der Waals surface area contributed by atoms with Gasteiger partial charge in [0.05, 0.1) is 10.8 Å². The van der Waals surface area contributed by atoms with E-state index in [1.54, 1.807) is 4.90 Å². The lowest BCUT2D eigenvalue weighted by Crippen LogP contribution is -2.44. The number of carbonyl (C=O) groups excluding carboxylic acids is 2. The largest absolute Gasteiger partial charge is 0.381 e. The maximum Gasteiger partial charge on any atom is 0.263 e. The van der Waals surface area contributed by atoms with Crippen LogP contribution in [0.1, 0.15) is 22.5 Å². The molecule has 1 aromatic rings. The minimum atomic E-state index is -0.326. The van der Waals surface area contributed by atoms with Crippen molar-refractivity contribution in [2.24, 2.45) is 11.7 Å². The summed E-state index contributed by atoms with van der Waals surface area (Å²) in [7, 11) is 0. The Labute approximate surface area is 140 Å². The number of amides is 2. The fourth-order valence-electron chi connectivity index (χ4n) is 3.34. The zero-order valence-corrected chi connectivity index (χ0v) is 14.0. The molecule has 0 unspecified atom stereocenters. The van der Waals surface area contributed by atoms with E-state index in [-0.39, 0.29) is 17.7 Å². The van der Waals surface area contributed by atoms with Gasteiger partial charge in [-0.05, 0) is 24.3 Å². The lowest BCUT2D eigenvalue weighted by molar-refractivity contribution is -0.122. The molecule has 2 aliphatic rings. The monoisotopic (exact) mass is 337 g/mol. The average Bonchev–Trinajstić information content (AvgIpc) is 3.00. The van der Waals surface area contributed by atoms with E-state index < -0.39 is 0 Å². The third-order valence-corrected chi connectivity index (χ3v) is 5.54. The first kappa shape index (κ1) is 16.4. The molecule has 0 saturated carbocycles. The van der Waals surface area contributed by atoms with E-state index in [0.717, 1.165) is 32.6 Å². The highest BCUT2D eigenvalue weighted by Crippen LogP contribution is 2.21. The second kappa shape index (κ2) is 7.42. The molecule has 0 bridgehead atoms. The first-order chi connectivity index (χ1) is 11.1. The van der Waals surface area contributed by atoms with Gasteiger partial charge in [-0.2, -0.15) is 0 Å². The van der Waals surface area contributed by atoms with Crippen molar-refractivity contribution in [1.82, 2.24) is 9.80 Å². The topological polar surface area (TPSA) is 75.9 Å². The molecule has 126 valence electrons. The summed E-state index contributed by atoms with van der Waals surface area (Å²) in [4.78, 5) is 29.2. The normalized spacial score (nSPS) is 24.3. The molecule has 2 amide bonds. The van der Waals surface area contributed by atoms with Gasteiger partial charge in [0.15, 0.2) is 0 Å². The second-order valence-electron chi connectivity index (χ2n) is 6.17. The number of thiophene rings is 1. The van der Waals surface area contributed by atoms with Crippen molar-refractivity contribution in [3.8, 4) is 0 Å². The van der Waals surface area contributed by atoms with Gasteiger partial charge in [0.1, 0.15) is 0 Å². The quantitative estimate of drug-likeness (QED) is 0.885. The molecule has 0 aromatic carbocycles. The minimum Gasteiger partial charge on any atom is -0.381 e. The Balaban J connectivity index is 1.72. The molecule has 0 spiro atoms. The van der Waals surface area contributed by atoms with Crippen LogP contribution in [0.5, 0.6) is 0 Å². The van der Waals surface area contributed by atoms with E-state index in [9.17, 15) is 9.59 Å². The molecule has 2 N–H and O–H groups in total. The van der Waals surface area contributed by atoms with Crippen molar-refractivity contribution >= 4 is 23.2 Å². The predicted molar refractivity (Wildman–Crippen MR) is 88.3 cm³/mol. The second-order valence-corrected chi connectivity index (χ2v) is 7.11. The molecule has 2 fully saturated rings. The van der Waals surface area contributed by atoms with Crippen molar-refractivity contribution in [3.63, 3.8) is 0 Å². The summed E-state index contributed by atoms with van der Waals surface area (Å²) in [6.45, 7) is 3.99. The van der Waals surface area contributed by atoms with Crippen molar-refractivity contribution in [2.45, 2.75) is 18.9 Å². The van der Waals surface area contributed by atoms with Crippen molar-refractivity contribution in [2.75, 3.05) is 39.4 Å². The van der Waals surface area contributed by atoms with Crippen LogP contribution in [0.25, 0.3) is 0 Å². The molecule has 2 aliphatic heterocycles. The zero-order valence-electron chi connectivity index (χ0n) is 13.1. The Morgan fingerprint density at radius 1 is 1.22 bits per heavy atom. The van der Waals surface area contributed by atoms with Gasteiger partial charge in [-0.15, -0.1) is 11.3 Å². The third-order valence-electron chi connectivity index (χ3n) is 4.68. The fraction of sp³-hybridized carbons (Fsp3) is 0.625. The average molecular weight is 337 g/mol. The molecular formula is C16H23N3O3S. The third kappa shape index (κ3) is 3.91. The number of rotatable bonds is 3. The standard InChI is InChI=1S/C16H23N3O3S/c17-15(20)12-10-18(13-3-7-22-8-4-13)5-6-19(11-12)16(21)14-2-1-9-23-14/h1-2,9,12-13H,3-8,10-11H2,(H2,17,20)/t12-/m1/s1. The summed E-state index contributed by atoms with van der Waals surface area (Å²) in [6.07, 6.45) is 1.95. The lowest BCUT2D eigenvalue weighted by Gasteiger charge is -2.34. The predicted octanol–water partition coefficient (Wildman–Crippen LogP) is 0.786. The van der Waals surface area contributed by atoms with Crippen LogP contribution in [-0.4, -0.2) is 67.0 Å². The number of nitrogens with two attached hydrogens (primary N) is 1. The van der Waals surface area contributed by atoms with Gasteiger partial charge in [-0.25, -0.2) is 0 Å². The van der Waals surface area contributed by atoms with Gasteiger partial charge in [0.25, 0.3) is 5.91 Å². The van der Waals surface area contributed by atoms with Crippen LogP contribution >= 0.6 is 11.3 Å². The Morgan fingerprint density at radius 3 is 2.65 bits per heavy atom. The SMILES string of the molecule is NC(=O)[C@H]1CN(C(=O)c2cccs2)CCN(C2CCOCC2)C1. The van der Waals surface area contributed by atoms with Gasteiger partial charge in [-0.3, -0.25) is 14.5 Å². The van der Waals surface area contributed by atoms with Gasteiger partial charge in [0.2, 0.25) is 5.91 Å². The molecule has 0 radical (unpaired) electrons. The Bertz CT molecular complexity index is 543. The van der Waals surface area contributed by atoms with E-state index in [1.165, 1.54) is 11.3 Å². The number of hydrogen-bond acceptors (Lipinski definition) is 5.